The number of rotatable bonds is 4. The van der Waals surface area contributed by atoms with Gasteiger partial charge in [0.2, 0.25) is 0 Å². The molecule has 0 bridgehead atoms. The Kier molecular flexibility index (Phi) is 5.24. The molecule has 0 aliphatic carbocycles. The lowest BCUT2D eigenvalue weighted by molar-refractivity contribution is -0.141. The molecule has 1 aromatic heterocycles. The standard InChI is InChI=1S/C15H19F3N4/c1-2-20-10-11-5-7-22(8-6-11)14-12(9-19)3-4-13(21-14)15(16,17)18/h3-4,11,20H,2,5-8,10H2,1H3. The number of nitriles is 1. The fourth-order valence-corrected chi connectivity index (χ4v) is 2.63. The molecule has 1 saturated heterocycles. The zero-order valence-corrected chi connectivity index (χ0v) is 12.5. The van der Waals surface area contributed by atoms with Crippen molar-refractivity contribution in [2.75, 3.05) is 31.1 Å². The van der Waals surface area contributed by atoms with Gasteiger partial charge in [-0.05, 0) is 44.0 Å². The van der Waals surface area contributed by atoms with Crippen molar-refractivity contribution in [3.05, 3.63) is 23.4 Å². The Morgan fingerprint density at radius 2 is 2.05 bits per heavy atom. The smallest absolute Gasteiger partial charge is 0.355 e. The summed E-state index contributed by atoms with van der Waals surface area (Å²) in [5, 5.41) is 12.4. The van der Waals surface area contributed by atoms with Crippen molar-refractivity contribution in [2.45, 2.75) is 25.9 Å². The van der Waals surface area contributed by atoms with Gasteiger partial charge in [0.15, 0.2) is 0 Å². The molecule has 22 heavy (non-hydrogen) atoms. The van der Waals surface area contributed by atoms with E-state index in [4.69, 9.17) is 5.26 Å². The van der Waals surface area contributed by atoms with Gasteiger partial charge in [0.1, 0.15) is 17.6 Å². The van der Waals surface area contributed by atoms with E-state index in [0.29, 0.717) is 19.0 Å². The monoisotopic (exact) mass is 312 g/mol. The van der Waals surface area contributed by atoms with Crippen LogP contribution in [0.25, 0.3) is 0 Å². The molecule has 1 N–H and O–H groups in total. The lowest BCUT2D eigenvalue weighted by atomic mass is 9.96. The van der Waals surface area contributed by atoms with Crippen LogP contribution in [0, 0.1) is 17.2 Å². The number of aromatic nitrogens is 1. The van der Waals surface area contributed by atoms with Crippen molar-refractivity contribution in [1.29, 1.82) is 5.26 Å². The number of piperidine rings is 1. The molecule has 0 aromatic carbocycles. The van der Waals surface area contributed by atoms with Crippen LogP contribution in [0.4, 0.5) is 19.0 Å². The van der Waals surface area contributed by atoms with Gasteiger partial charge in [-0.1, -0.05) is 6.92 Å². The SMILES string of the molecule is CCNCC1CCN(c2nc(C(F)(F)F)ccc2C#N)CC1. The van der Waals surface area contributed by atoms with E-state index in [2.05, 4.69) is 10.3 Å². The highest BCUT2D eigenvalue weighted by molar-refractivity contribution is 5.54. The van der Waals surface area contributed by atoms with E-state index in [1.54, 1.807) is 4.90 Å². The maximum atomic E-state index is 12.8. The first-order chi connectivity index (χ1) is 10.5. The highest BCUT2D eigenvalue weighted by Crippen LogP contribution is 2.31. The number of nitrogens with zero attached hydrogens (tertiary/aromatic N) is 3. The third kappa shape index (κ3) is 3.89. The fraction of sp³-hybridized carbons (Fsp3) is 0.600. The summed E-state index contributed by atoms with van der Waals surface area (Å²) in [6.07, 6.45) is -2.72. The molecule has 1 aromatic rings. The van der Waals surface area contributed by atoms with Crippen molar-refractivity contribution < 1.29 is 13.2 Å². The van der Waals surface area contributed by atoms with Gasteiger partial charge in [0.05, 0.1) is 5.56 Å². The van der Waals surface area contributed by atoms with Gasteiger partial charge in [0, 0.05) is 13.1 Å². The average molecular weight is 312 g/mol. The van der Waals surface area contributed by atoms with Crippen molar-refractivity contribution in [3.63, 3.8) is 0 Å². The molecule has 0 unspecified atom stereocenters. The summed E-state index contributed by atoms with van der Waals surface area (Å²) in [6, 6.07) is 4.00. The van der Waals surface area contributed by atoms with Crippen LogP contribution < -0.4 is 10.2 Å². The summed E-state index contributed by atoms with van der Waals surface area (Å²) in [7, 11) is 0. The molecule has 7 heteroatoms. The Morgan fingerprint density at radius 1 is 1.36 bits per heavy atom. The van der Waals surface area contributed by atoms with Gasteiger partial charge in [-0.2, -0.15) is 18.4 Å². The first kappa shape index (κ1) is 16.6. The Bertz CT molecular complexity index is 543. The Balaban J connectivity index is 2.14. The lowest BCUT2D eigenvalue weighted by Gasteiger charge is -2.33. The Morgan fingerprint density at radius 3 is 2.59 bits per heavy atom. The third-order valence-corrected chi connectivity index (χ3v) is 3.88. The van der Waals surface area contributed by atoms with Crippen molar-refractivity contribution in [3.8, 4) is 6.07 Å². The van der Waals surface area contributed by atoms with E-state index in [0.717, 1.165) is 32.0 Å². The van der Waals surface area contributed by atoms with E-state index < -0.39 is 11.9 Å². The summed E-state index contributed by atoms with van der Waals surface area (Å²) in [5.74, 6) is 0.673. The quantitative estimate of drug-likeness (QED) is 0.929. The minimum absolute atomic E-state index is 0.152. The number of pyridine rings is 1. The zero-order valence-electron chi connectivity index (χ0n) is 12.5. The second-order valence-electron chi connectivity index (χ2n) is 5.42. The summed E-state index contributed by atoms with van der Waals surface area (Å²) >= 11 is 0. The minimum Gasteiger partial charge on any atom is -0.355 e. The molecule has 1 aliphatic rings. The third-order valence-electron chi connectivity index (χ3n) is 3.88. The number of alkyl halides is 3. The molecule has 0 atom stereocenters. The van der Waals surface area contributed by atoms with Gasteiger partial charge in [0.25, 0.3) is 0 Å². The van der Waals surface area contributed by atoms with Crippen LogP contribution in [0.1, 0.15) is 31.0 Å². The van der Waals surface area contributed by atoms with E-state index in [-0.39, 0.29) is 11.4 Å². The van der Waals surface area contributed by atoms with Crippen molar-refractivity contribution >= 4 is 5.82 Å². The zero-order chi connectivity index (χ0) is 16.2. The molecule has 120 valence electrons. The van der Waals surface area contributed by atoms with Crippen LogP contribution in [-0.2, 0) is 6.18 Å². The lowest BCUT2D eigenvalue weighted by Crippen LogP contribution is -2.38. The summed E-state index contributed by atoms with van der Waals surface area (Å²) < 4.78 is 38.4. The molecule has 1 aliphatic heterocycles. The first-order valence-electron chi connectivity index (χ1n) is 7.39. The number of hydrogen-bond acceptors (Lipinski definition) is 4. The predicted molar refractivity (Wildman–Crippen MR) is 77.4 cm³/mol. The topological polar surface area (TPSA) is 52.0 Å². The minimum atomic E-state index is -4.49. The molecule has 0 spiro atoms. The van der Waals surface area contributed by atoms with E-state index in [1.165, 1.54) is 6.07 Å². The molecule has 2 heterocycles. The van der Waals surface area contributed by atoms with Crippen LogP contribution in [0.2, 0.25) is 0 Å². The summed E-state index contributed by atoms with van der Waals surface area (Å²) in [5.41, 5.74) is -0.755. The largest absolute Gasteiger partial charge is 0.433 e. The summed E-state index contributed by atoms with van der Waals surface area (Å²) in [6.45, 7) is 5.12. The predicted octanol–water partition coefficient (Wildman–Crippen LogP) is 2.80. The number of anilines is 1. The number of hydrogen-bond donors (Lipinski definition) is 1. The molecular formula is C15H19F3N4. The maximum absolute atomic E-state index is 12.8. The molecule has 4 nitrogen and oxygen atoms in total. The second-order valence-corrected chi connectivity index (χ2v) is 5.42. The molecule has 0 amide bonds. The highest BCUT2D eigenvalue weighted by atomic mass is 19.4. The molecule has 0 saturated carbocycles. The van der Waals surface area contributed by atoms with Crippen LogP contribution in [-0.4, -0.2) is 31.2 Å². The van der Waals surface area contributed by atoms with Crippen LogP contribution in [0.15, 0.2) is 12.1 Å². The normalized spacial score (nSPS) is 16.6. The van der Waals surface area contributed by atoms with E-state index >= 15 is 0 Å². The maximum Gasteiger partial charge on any atom is 0.433 e. The van der Waals surface area contributed by atoms with E-state index in [1.807, 2.05) is 13.0 Å². The van der Waals surface area contributed by atoms with Gasteiger partial charge in [-0.3, -0.25) is 0 Å². The fourth-order valence-electron chi connectivity index (χ4n) is 2.63. The number of nitrogens with one attached hydrogen (secondary N) is 1. The molecule has 2 rings (SSSR count). The molecule has 0 radical (unpaired) electrons. The van der Waals surface area contributed by atoms with E-state index in [9.17, 15) is 13.2 Å². The first-order valence-corrected chi connectivity index (χ1v) is 7.39. The highest BCUT2D eigenvalue weighted by Gasteiger charge is 2.34. The second kappa shape index (κ2) is 6.97. The average Bonchev–Trinajstić information content (AvgIpc) is 2.52. The van der Waals surface area contributed by atoms with Crippen LogP contribution in [0.5, 0.6) is 0 Å². The van der Waals surface area contributed by atoms with Crippen LogP contribution in [0.3, 0.4) is 0 Å². The molecule has 1 fully saturated rings. The van der Waals surface area contributed by atoms with Crippen LogP contribution >= 0.6 is 0 Å². The van der Waals surface area contributed by atoms with Gasteiger partial charge in [-0.25, -0.2) is 4.98 Å². The summed E-state index contributed by atoms with van der Waals surface area (Å²) in [4.78, 5) is 5.48. The Labute approximate surface area is 127 Å². The molecular weight excluding hydrogens is 293 g/mol. The van der Waals surface area contributed by atoms with Gasteiger partial charge >= 0.3 is 6.18 Å². The van der Waals surface area contributed by atoms with Crippen molar-refractivity contribution in [2.24, 2.45) is 5.92 Å². The Hall–Kier alpha value is -1.81. The number of halogens is 3. The van der Waals surface area contributed by atoms with Crippen molar-refractivity contribution in [1.82, 2.24) is 10.3 Å². The van der Waals surface area contributed by atoms with Gasteiger partial charge < -0.3 is 10.2 Å². The van der Waals surface area contributed by atoms with Gasteiger partial charge in [-0.15, -0.1) is 0 Å².